The number of piperidine rings is 1. The van der Waals surface area contributed by atoms with Crippen LogP contribution >= 0.6 is 0 Å². The van der Waals surface area contributed by atoms with Crippen molar-refractivity contribution in [3.63, 3.8) is 0 Å². The fraction of sp³-hybridized carbons (Fsp3) is 0.688. The average molecular weight is 259 g/mol. The van der Waals surface area contributed by atoms with Crippen LogP contribution < -0.4 is 10.2 Å². The van der Waals surface area contributed by atoms with Crippen molar-refractivity contribution in [3.8, 4) is 0 Å². The topological polar surface area (TPSA) is 28.2 Å². The molecule has 1 aliphatic carbocycles. The predicted molar refractivity (Wildman–Crippen MR) is 79.3 cm³/mol. The van der Waals surface area contributed by atoms with Crippen molar-refractivity contribution in [2.24, 2.45) is 5.92 Å². The highest BCUT2D eigenvalue weighted by Crippen LogP contribution is 2.38. The number of hydrogen-bond donors (Lipinski definition) is 1. The van der Waals surface area contributed by atoms with Gasteiger partial charge in [0.05, 0.1) is 0 Å². The number of nitrogens with one attached hydrogen (secondary N) is 1. The highest BCUT2D eigenvalue weighted by atomic mass is 15.2. The lowest BCUT2D eigenvalue weighted by molar-refractivity contribution is 0.243. The molecule has 3 rings (SSSR count). The van der Waals surface area contributed by atoms with Crippen LogP contribution in [0.4, 0.5) is 5.69 Å². The summed E-state index contributed by atoms with van der Waals surface area (Å²) >= 11 is 0. The van der Waals surface area contributed by atoms with Crippen molar-refractivity contribution in [1.29, 1.82) is 0 Å². The van der Waals surface area contributed by atoms with Gasteiger partial charge in [0.2, 0.25) is 0 Å². The van der Waals surface area contributed by atoms with Gasteiger partial charge in [0.25, 0.3) is 0 Å². The first-order chi connectivity index (χ1) is 9.40. The molecule has 3 heteroatoms. The molecule has 1 saturated heterocycles. The van der Waals surface area contributed by atoms with Gasteiger partial charge in [-0.3, -0.25) is 4.98 Å². The molecule has 1 aromatic rings. The monoisotopic (exact) mass is 259 g/mol. The number of hydrogen-bond acceptors (Lipinski definition) is 3. The van der Waals surface area contributed by atoms with Gasteiger partial charge in [-0.1, -0.05) is 12.8 Å². The third kappa shape index (κ3) is 2.62. The van der Waals surface area contributed by atoms with E-state index in [0.717, 1.165) is 18.5 Å². The van der Waals surface area contributed by atoms with Gasteiger partial charge in [0.15, 0.2) is 0 Å². The van der Waals surface area contributed by atoms with Gasteiger partial charge in [0, 0.05) is 42.8 Å². The second kappa shape index (κ2) is 5.91. The van der Waals surface area contributed by atoms with Crippen LogP contribution in [0.25, 0.3) is 0 Å². The zero-order valence-corrected chi connectivity index (χ0v) is 11.9. The van der Waals surface area contributed by atoms with Gasteiger partial charge < -0.3 is 10.2 Å². The van der Waals surface area contributed by atoms with Crippen LogP contribution in [0.1, 0.15) is 44.1 Å². The van der Waals surface area contributed by atoms with Crippen LogP contribution in [-0.4, -0.2) is 24.6 Å². The van der Waals surface area contributed by atoms with Crippen LogP contribution in [0, 0.1) is 5.92 Å². The molecule has 0 radical (unpaired) electrons. The van der Waals surface area contributed by atoms with Gasteiger partial charge in [-0.05, 0) is 44.7 Å². The molecule has 1 N–H and O–H groups in total. The molecule has 2 fully saturated rings. The SMILES string of the molecule is CNCc1cnccc1N1CCCC2CCCCC21. The van der Waals surface area contributed by atoms with E-state index in [1.54, 1.807) is 0 Å². The van der Waals surface area contributed by atoms with Crippen LogP contribution in [0.15, 0.2) is 18.5 Å². The van der Waals surface area contributed by atoms with Crippen molar-refractivity contribution in [1.82, 2.24) is 10.3 Å². The first-order valence-corrected chi connectivity index (χ1v) is 7.74. The number of rotatable bonds is 3. The molecule has 19 heavy (non-hydrogen) atoms. The maximum Gasteiger partial charge on any atom is 0.0445 e. The van der Waals surface area contributed by atoms with E-state index in [1.807, 2.05) is 19.4 Å². The highest BCUT2D eigenvalue weighted by molar-refractivity contribution is 5.53. The summed E-state index contributed by atoms with van der Waals surface area (Å²) in [5.74, 6) is 0.929. The van der Waals surface area contributed by atoms with Gasteiger partial charge in [-0.15, -0.1) is 0 Å². The molecular formula is C16H25N3. The molecule has 1 aromatic heterocycles. The minimum Gasteiger partial charge on any atom is -0.368 e. The summed E-state index contributed by atoms with van der Waals surface area (Å²) in [5, 5.41) is 3.27. The minimum atomic E-state index is 0.778. The van der Waals surface area contributed by atoms with Crippen LogP contribution in [0.3, 0.4) is 0 Å². The Morgan fingerprint density at radius 3 is 3.00 bits per heavy atom. The van der Waals surface area contributed by atoms with E-state index in [9.17, 15) is 0 Å². The molecule has 2 heterocycles. The van der Waals surface area contributed by atoms with Crippen molar-refractivity contribution in [3.05, 3.63) is 24.0 Å². The predicted octanol–water partition coefficient (Wildman–Crippen LogP) is 2.96. The van der Waals surface area contributed by atoms with E-state index < -0.39 is 0 Å². The second-order valence-corrected chi connectivity index (χ2v) is 5.98. The first-order valence-electron chi connectivity index (χ1n) is 7.74. The Bertz CT molecular complexity index is 416. The third-order valence-corrected chi connectivity index (χ3v) is 4.80. The minimum absolute atomic E-state index is 0.778. The van der Waals surface area contributed by atoms with Crippen molar-refractivity contribution in [2.45, 2.75) is 51.1 Å². The van der Waals surface area contributed by atoms with E-state index in [4.69, 9.17) is 0 Å². The van der Waals surface area contributed by atoms with Gasteiger partial charge >= 0.3 is 0 Å². The first kappa shape index (κ1) is 12.9. The fourth-order valence-corrected chi connectivity index (χ4v) is 3.95. The summed E-state index contributed by atoms with van der Waals surface area (Å²) in [6, 6.07) is 2.99. The van der Waals surface area contributed by atoms with E-state index >= 15 is 0 Å². The summed E-state index contributed by atoms with van der Waals surface area (Å²) in [6.45, 7) is 2.14. The van der Waals surface area contributed by atoms with Crippen LogP contribution in [-0.2, 0) is 6.54 Å². The number of nitrogens with zero attached hydrogens (tertiary/aromatic N) is 2. The van der Waals surface area contributed by atoms with Gasteiger partial charge in [-0.25, -0.2) is 0 Å². The lowest BCUT2D eigenvalue weighted by atomic mass is 9.78. The summed E-state index contributed by atoms with van der Waals surface area (Å²) in [4.78, 5) is 6.98. The summed E-state index contributed by atoms with van der Waals surface area (Å²) in [6.07, 6.45) is 12.4. The lowest BCUT2D eigenvalue weighted by Crippen LogP contribution is -2.47. The largest absolute Gasteiger partial charge is 0.368 e. The fourth-order valence-electron chi connectivity index (χ4n) is 3.95. The van der Waals surface area contributed by atoms with E-state index in [2.05, 4.69) is 21.3 Å². The highest BCUT2D eigenvalue weighted by Gasteiger charge is 2.33. The Labute approximate surface area is 116 Å². The molecule has 2 atom stereocenters. The van der Waals surface area contributed by atoms with Gasteiger partial charge in [0.1, 0.15) is 0 Å². The Morgan fingerprint density at radius 2 is 2.11 bits per heavy atom. The molecule has 0 amide bonds. The standard InChI is InChI=1S/C16H25N3/c1-17-11-14-12-18-9-8-16(14)19-10-4-6-13-5-2-3-7-15(13)19/h8-9,12-13,15,17H,2-7,10-11H2,1H3. The Balaban J connectivity index is 1.87. The van der Waals surface area contributed by atoms with Crippen molar-refractivity contribution >= 4 is 5.69 Å². The number of fused-ring (bicyclic) bond motifs is 1. The quantitative estimate of drug-likeness (QED) is 0.904. The normalized spacial score (nSPS) is 27.1. The molecular weight excluding hydrogens is 234 g/mol. The van der Waals surface area contributed by atoms with E-state index in [0.29, 0.717) is 0 Å². The van der Waals surface area contributed by atoms with Crippen LogP contribution in [0.5, 0.6) is 0 Å². The molecule has 2 aliphatic rings. The maximum absolute atomic E-state index is 4.30. The van der Waals surface area contributed by atoms with E-state index in [-0.39, 0.29) is 0 Å². The molecule has 0 aromatic carbocycles. The number of aromatic nitrogens is 1. The zero-order chi connectivity index (χ0) is 13.1. The molecule has 2 unspecified atom stereocenters. The average Bonchev–Trinajstić information content (AvgIpc) is 2.48. The van der Waals surface area contributed by atoms with Crippen LogP contribution in [0.2, 0.25) is 0 Å². The number of pyridine rings is 1. The molecule has 3 nitrogen and oxygen atoms in total. The summed E-state index contributed by atoms with van der Waals surface area (Å²) in [7, 11) is 2.01. The lowest BCUT2D eigenvalue weighted by Gasteiger charge is -2.46. The molecule has 0 spiro atoms. The maximum atomic E-state index is 4.30. The zero-order valence-electron chi connectivity index (χ0n) is 11.9. The molecule has 0 bridgehead atoms. The van der Waals surface area contributed by atoms with Crippen molar-refractivity contribution < 1.29 is 0 Å². The third-order valence-electron chi connectivity index (χ3n) is 4.80. The molecule has 1 saturated carbocycles. The van der Waals surface area contributed by atoms with Crippen molar-refractivity contribution in [2.75, 3.05) is 18.5 Å². The van der Waals surface area contributed by atoms with Gasteiger partial charge in [-0.2, -0.15) is 0 Å². The summed E-state index contributed by atoms with van der Waals surface area (Å²) in [5.41, 5.74) is 2.76. The summed E-state index contributed by atoms with van der Waals surface area (Å²) < 4.78 is 0. The number of anilines is 1. The molecule has 104 valence electrons. The Morgan fingerprint density at radius 1 is 1.26 bits per heavy atom. The Hall–Kier alpha value is -1.09. The van der Waals surface area contributed by atoms with E-state index in [1.165, 1.54) is 56.3 Å². The Kier molecular flexibility index (Phi) is 4.02. The molecule has 1 aliphatic heterocycles. The smallest absolute Gasteiger partial charge is 0.0445 e. The second-order valence-electron chi connectivity index (χ2n) is 5.98.